The molecule has 1 N–H and O–H groups in total. The second-order valence-electron chi connectivity index (χ2n) is 3.82. The Balaban J connectivity index is 2.70. The van der Waals surface area contributed by atoms with Crippen LogP contribution in [0.3, 0.4) is 0 Å². The summed E-state index contributed by atoms with van der Waals surface area (Å²) in [6.07, 6.45) is 0.612. The van der Waals surface area contributed by atoms with E-state index >= 15 is 0 Å². The van der Waals surface area contributed by atoms with Gasteiger partial charge in [0, 0.05) is 25.8 Å². The van der Waals surface area contributed by atoms with Gasteiger partial charge in [0.05, 0.1) is 4.90 Å². The molecule has 0 fully saturated rings. The van der Waals surface area contributed by atoms with Crippen LogP contribution in [0.2, 0.25) is 0 Å². The van der Waals surface area contributed by atoms with Crippen LogP contribution in [-0.2, 0) is 14.8 Å². The minimum absolute atomic E-state index is 0.0907. The van der Waals surface area contributed by atoms with E-state index in [2.05, 4.69) is 4.72 Å². The summed E-state index contributed by atoms with van der Waals surface area (Å²) < 4.78 is 31.0. The second-order valence-corrected chi connectivity index (χ2v) is 5.59. The van der Waals surface area contributed by atoms with Crippen LogP contribution in [0.1, 0.15) is 23.7 Å². The smallest absolute Gasteiger partial charge is 0.240 e. The Bertz CT molecular complexity index is 493. The number of ketones is 1. The van der Waals surface area contributed by atoms with E-state index in [-0.39, 0.29) is 10.7 Å². The molecule has 1 aromatic carbocycles. The number of Topliss-reactive ketones (excluding diaryl/α,β-unsaturated/α-hetero) is 1. The number of sulfonamides is 1. The van der Waals surface area contributed by atoms with E-state index < -0.39 is 10.0 Å². The van der Waals surface area contributed by atoms with Gasteiger partial charge >= 0.3 is 0 Å². The molecule has 0 saturated heterocycles. The summed E-state index contributed by atoms with van der Waals surface area (Å²) in [5, 5.41) is 0. The number of benzene rings is 1. The van der Waals surface area contributed by atoms with E-state index in [4.69, 9.17) is 4.74 Å². The summed E-state index contributed by atoms with van der Waals surface area (Å²) in [5.74, 6) is -0.0907. The van der Waals surface area contributed by atoms with Crippen molar-refractivity contribution in [3.05, 3.63) is 29.8 Å². The first-order valence-electron chi connectivity index (χ1n) is 5.57. The molecule has 5 nitrogen and oxygen atoms in total. The maximum absolute atomic E-state index is 11.8. The molecule has 0 saturated carbocycles. The molecule has 1 aromatic rings. The van der Waals surface area contributed by atoms with Gasteiger partial charge in [-0.2, -0.15) is 0 Å². The summed E-state index contributed by atoms with van der Waals surface area (Å²) in [6.45, 7) is 2.27. The first-order chi connectivity index (χ1) is 8.47. The van der Waals surface area contributed by atoms with Crippen molar-refractivity contribution in [1.29, 1.82) is 0 Å². The van der Waals surface area contributed by atoms with Crippen molar-refractivity contribution >= 4 is 15.8 Å². The van der Waals surface area contributed by atoms with Crippen molar-refractivity contribution in [2.24, 2.45) is 0 Å². The average Bonchev–Trinajstić information content (AvgIpc) is 2.35. The van der Waals surface area contributed by atoms with Gasteiger partial charge in [-0.1, -0.05) is 12.1 Å². The summed E-state index contributed by atoms with van der Waals surface area (Å²) in [4.78, 5) is 11.2. The molecule has 6 heteroatoms. The predicted molar refractivity (Wildman–Crippen MR) is 68.1 cm³/mol. The standard InChI is InChI=1S/C12H17NO4S/c1-10(14)11-4-6-12(7-5-11)18(15,16)13-8-3-9-17-2/h4-7,13H,3,8-9H2,1-2H3. The van der Waals surface area contributed by atoms with Crippen molar-refractivity contribution in [3.63, 3.8) is 0 Å². The molecule has 0 aliphatic carbocycles. The van der Waals surface area contributed by atoms with Crippen LogP contribution in [0, 0.1) is 0 Å². The molecule has 100 valence electrons. The molecular formula is C12H17NO4S. The maximum atomic E-state index is 11.8. The van der Waals surface area contributed by atoms with Crippen molar-refractivity contribution in [1.82, 2.24) is 4.72 Å². The highest BCUT2D eigenvalue weighted by Gasteiger charge is 2.13. The van der Waals surface area contributed by atoms with Crippen LogP contribution in [0.15, 0.2) is 29.2 Å². The van der Waals surface area contributed by atoms with Gasteiger partial charge in [0.1, 0.15) is 0 Å². The summed E-state index contributed by atoms with van der Waals surface area (Å²) in [6, 6.07) is 5.86. The van der Waals surface area contributed by atoms with E-state index in [1.807, 2.05) is 0 Å². The third-order valence-electron chi connectivity index (χ3n) is 2.39. The van der Waals surface area contributed by atoms with Crippen molar-refractivity contribution in [2.45, 2.75) is 18.2 Å². The Kier molecular flexibility index (Phi) is 5.46. The molecule has 0 heterocycles. The Labute approximate surface area is 107 Å². The van der Waals surface area contributed by atoms with E-state index in [9.17, 15) is 13.2 Å². The third-order valence-corrected chi connectivity index (χ3v) is 3.87. The highest BCUT2D eigenvalue weighted by Crippen LogP contribution is 2.10. The molecule has 1 rings (SSSR count). The lowest BCUT2D eigenvalue weighted by Crippen LogP contribution is -2.25. The number of ether oxygens (including phenoxy) is 1. The largest absolute Gasteiger partial charge is 0.385 e. The summed E-state index contributed by atoms with van der Waals surface area (Å²) in [7, 11) is -1.94. The van der Waals surface area contributed by atoms with Crippen LogP contribution in [0.4, 0.5) is 0 Å². The van der Waals surface area contributed by atoms with Gasteiger partial charge in [-0.15, -0.1) is 0 Å². The predicted octanol–water partition coefficient (Wildman–Crippen LogP) is 1.20. The topological polar surface area (TPSA) is 72.5 Å². The molecule has 0 radical (unpaired) electrons. The lowest BCUT2D eigenvalue weighted by Gasteiger charge is -2.06. The van der Waals surface area contributed by atoms with Gasteiger partial charge in [-0.25, -0.2) is 13.1 Å². The number of methoxy groups -OCH3 is 1. The normalized spacial score (nSPS) is 11.4. The van der Waals surface area contributed by atoms with E-state index in [0.29, 0.717) is 25.1 Å². The highest BCUT2D eigenvalue weighted by atomic mass is 32.2. The molecule has 0 spiro atoms. The SMILES string of the molecule is COCCCNS(=O)(=O)c1ccc(C(C)=O)cc1. The van der Waals surface area contributed by atoms with Crippen molar-refractivity contribution < 1.29 is 17.9 Å². The first-order valence-corrected chi connectivity index (χ1v) is 7.05. The van der Waals surface area contributed by atoms with Gasteiger partial charge in [0.15, 0.2) is 5.78 Å². The quantitative estimate of drug-likeness (QED) is 0.597. The highest BCUT2D eigenvalue weighted by molar-refractivity contribution is 7.89. The average molecular weight is 271 g/mol. The minimum Gasteiger partial charge on any atom is -0.385 e. The van der Waals surface area contributed by atoms with Crippen LogP contribution < -0.4 is 4.72 Å². The molecule has 0 aliphatic rings. The molecule has 0 atom stereocenters. The van der Waals surface area contributed by atoms with Crippen molar-refractivity contribution in [3.8, 4) is 0 Å². The number of carbonyl (C=O) groups excluding carboxylic acids is 1. The lowest BCUT2D eigenvalue weighted by atomic mass is 10.2. The Morgan fingerprint density at radius 3 is 2.39 bits per heavy atom. The fraction of sp³-hybridized carbons (Fsp3) is 0.417. The molecule has 0 aliphatic heterocycles. The third kappa shape index (κ3) is 4.21. The molecule has 0 amide bonds. The van der Waals surface area contributed by atoms with Gasteiger partial charge in [-0.05, 0) is 25.5 Å². The summed E-state index contributed by atoms with van der Waals surface area (Å²) in [5.41, 5.74) is 0.494. The van der Waals surface area contributed by atoms with Crippen LogP contribution >= 0.6 is 0 Å². The number of rotatable bonds is 7. The zero-order valence-corrected chi connectivity index (χ0v) is 11.3. The van der Waals surface area contributed by atoms with Gasteiger partial charge in [0.2, 0.25) is 10.0 Å². The molecule has 0 aromatic heterocycles. The van der Waals surface area contributed by atoms with Gasteiger partial charge < -0.3 is 4.74 Å². The Morgan fingerprint density at radius 1 is 1.28 bits per heavy atom. The second kappa shape index (κ2) is 6.63. The number of carbonyl (C=O) groups is 1. The Hall–Kier alpha value is -1.24. The van der Waals surface area contributed by atoms with Gasteiger partial charge in [0.25, 0.3) is 0 Å². The summed E-state index contributed by atoms with van der Waals surface area (Å²) >= 11 is 0. The fourth-order valence-electron chi connectivity index (χ4n) is 1.38. The lowest BCUT2D eigenvalue weighted by molar-refractivity contribution is 0.101. The number of hydrogen-bond donors (Lipinski definition) is 1. The monoisotopic (exact) mass is 271 g/mol. The Morgan fingerprint density at radius 2 is 1.89 bits per heavy atom. The molecule has 18 heavy (non-hydrogen) atoms. The van der Waals surface area contributed by atoms with Crippen LogP contribution in [-0.4, -0.2) is 34.5 Å². The van der Waals surface area contributed by atoms with E-state index in [1.54, 1.807) is 7.11 Å². The fourth-order valence-corrected chi connectivity index (χ4v) is 2.45. The van der Waals surface area contributed by atoms with E-state index in [0.717, 1.165) is 0 Å². The number of nitrogens with one attached hydrogen (secondary N) is 1. The maximum Gasteiger partial charge on any atom is 0.240 e. The molecular weight excluding hydrogens is 254 g/mol. The van der Waals surface area contributed by atoms with Crippen LogP contribution in [0.5, 0.6) is 0 Å². The minimum atomic E-state index is -3.50. The molecule has 0 bridgehead atoms. The number of hydrogen-bond acceptors (Lipinski definition) is 4. The zero-order valence-electron chi connectivity index (χ0n) is 10.5. The van der Waals surface area contributed by atoms with Crippen LogP contribution in [0.25, 0.3) is 0 Å². The van der Waals surface area contributed by atoms with Crippen molar-refractivity contribution in [2.75, 3.05) is 20.3 Å². The first kappa shape index (κ1) is 14.8. The van der Waals surface area contributed by atoms with Gasteiger partial charge in [-0.3, -0.25) is 4.79 Å². The van der Waals surface area contributed by atoms with E-state index in [1.165, 1.54) is 31.2 Å². The molecule has 0 unspecified atom stereocenters. The zero-order chi connectivity index (χ0) is 13.6.